The number of nitrogens with two attached hydrogens (primary N) is 1. The van der Waals surface area contributed by atoms with Crippen molar-refractivity contribution in [1.29, 1.82) is 0 Å². The van der Waals surface area contributed by atoms with Crippen LogP contribution in [0.1, 0.15) is 27.0 Å². The van der Waals surface area contributed by atoms with Crippen LogP contribution in [0.2, 0.25) is 0 Å². The standard InChI is InChI=1S/C14H17N3OS/c1-3-17(9-11-4-6-16-7-5-11)14(18)13-8-12(15)10(2)19-13/h4-8H,3,9,15H2,1-2H3. The Kier molecular flexibility index (Phi) is 4.16. The summed E-state index contributed by atoms with van der Waals surface area (Å²) in [7, 11) is 0. The monoisotopic (exact) mass is 275 g/mol. The molecule has 0 aliphatic heterocycles. The minimum Gasteiger partial charge on any atom is -0.398 e. The number of hydrogen-bond acceptors (Lipinski definition) is 4. The molecule has 2 rings (SSSR count). The van der Waals surface area contributed by atoms with Crippen molar-refractivity contribution in [3.8, 4) is 0 Å². The molecule has 5 heteroatoms. The highest BCUT2D eigenvalue weighted by molar-refractivity contribution is 7.14. The van der Waals surface area contributed by atoms with Crippen molar-refractivity contribution in [2.24, 2.45) is 0 Å². The van der Waals surface area contributed by atoms with Gasteiger partial charge in [-0.25, -0.2) is 0 Å². The van der Waals surface area contributed by atoms with Crippen LogP contribution in [0, 0.1) is 6.92 Å². The number of rotatable bonds is 4. The van der Waals surface area contributed by atoms with E-state index in [9.17, 15) is 4.79 Å². The van der Waals surface area contributed by atoms with E-state index in [2.05, 4.69) is 4.98 Å². The molecular formula is C14H17N3OS. The fourth-order valence-electron chi connectivity index (χ4n) is 1.79. The Morgan fingerprint density at radius 1 is 1.42 bits per heavy atom. The number of anilines is 1. The maximum atomic E-state index is 12.4. The van der Waals surface area contributed by atoms with Gasteiger partial charge in [0.1, 0.15) is 0 Å². The normalized spacial score (nSPS) is 10.4. The highest BCUT2D eigenvalue weighted by Crippen LogP contribution is 2.25. The van der Waals surface area contributed by atoms with Gasteiger partial charge in [-0.15, -0.1) is 11.3 Å². The Hall–Kier alpha value is -1.88. The molecule has 0 atom stereocenters. The largest absolute Gasteiger partial charge is 0.398 e. The Morgan fingerprint density at radius 3 is 2.63 bits per heavy atom. The SMILES string of the molecule is CCN(Cc1ccncc1)C(=O)c1cc(N)c(C)s1. The van der Waals surface area contributed by atoms with Crippen molar-refractivity contribution >= 4 is 22.9 Å². The number of pyridine rings is 1. The molecule has 4 nitrogen and oxygen atoms in total. The number of nitrogen functional groups attached to an aromatic ring is 1. The van der Waals surface area contributed by atoms with Gasteiger partial charge in [0.15, 0.2) is 0 Å². The first-order valence-corrected chi connectivity index (χ1v) is 6.97. The Bertz CT molecular complexity index is 546. The van der Waals surface area contributed by atoms with Crippen LogP contribution in [-0.4, -0.2) is 22.3 Å². The maximum absolute atomic E-state index is 12.4. The van der Waals surface area contributed by atoms with Crippen LogP contribution in [0.5, 0.6) is 0 Å². The number of thiophene rings is 1. The van der Waals surface area contributed by atoms with Crippen LogP contribution in [0.4, 0.5) is 5.69 Å². The molecular weight excluding hydrogens is 258 g/mol. The van der Waals surface area contributed by atoms with Crippen molar-refractivity contribution in [3.05, 3.63) is 45.9 Å². The van der Waals surface area contributed by atoms with Crippen LogP contribution >= 0.6 is 11.3 Å². The van der Waals surface area contributed by atoms with E-state index >= 15 is 0 Å². The molecule has 0 saturated heterocycles. The molecule has 2 aromatic rings. The Morgan fingerprint density at radius 2 is 2.11 bits per heavy atom. The van der Waals surface area contributed by atoms with Crippen molar-refractivity contribution in [1.82, 2.24) is 9.88 Å². The lowest BCUT2D eigenvalue weighted by atomic mass is 10.2. The second kappa shape index (κ2) is 5.84. The molecule has 2 N–H and O–H groups in total. The van der Waals surface area contributed by atoms with Crippen molar-refractivity contribution in [2.75, 3.05) is 12.3 Å². The van der Waals surface area contributed by atoms with Crippen LogP contribution < -0.4 is 5.73 Å². The topological polar surface area (TPSA) is 59.2 Å². The minimum absolute atomic E-state index is 0.0316. The maximum Gasteiger partial charge on any atom is 0.264 e. The lowest BCUT2D eigenvalue weighted by Crippen LogP contribution is -2.29. The summed E-state index contributed by atoms with van der Waals surface area (Å²) >= 11 is 1.45. The molecule has 2 aromatic heterocycles. The number of nitrogens with zero attached hydrogens (tertiary/aromatic N) is 2. The zero-order valence-corrected chi connectivity index (χ0v) is 11.9. The molecule has 19 heavy (non-hydrogen) atoms. The third-order valence-electron chi connectivity index (χ3n) is 2.96. The predicted octanol–water partition coefficient (Wildman–Crippen LogP) is 2.70. The molecule has 0 fully saturated rings. The third-order valence-corrected chi connectivity index (χ3v) is 4.01. The fourth-order valence-corrected chi connectivity index (χ4v) is 2.70. The number of aryl methyl sites for hydroxylation is 1. The zero-order chi connectivity index (χ0) is 13.8. The Balaban J connectivity index is 2.15. The van der Waals surface area contributed by atoms with E-state index in [4.69, 9.17) is 5.73 Å². The summed E-state index contributed by atoms with van der Waals surface area (Å²) in [6.45, 7) is 5.16. The van der Waals surface area contributed by atoms with Gasteiger partial charge >= 0.3 is 0 Å². The van der Waals surface area contributed by atoms with E-state index in [-0.39, 0.29) is 5.91 Å². The van der Waals surface area contributed by atoms with Crippen molar-refractivity contribution < 1.29 is 4.79 Å². The summed E-state index contributed by atoms with van der Waals surface area (Å²) in [6, 6.07) is 5.60. The first kappa shape index (κ1) is 13.5. The average molecular weight is 275 g/mol. The van der Waals surface area contributed by atoms with Crippen LogP contribution in [-0.2, 0) is 6.54 Å². The van der Waals surface area contributed by atoms with Crippen LogP contribution in [0.3, 0.4) is 0 Å². The summed E-state index contributed by atoms with van der Waals surface area (Å²) in [6.07, 6.45) is 3.47. The van der Waals surface area contributed by atoms with Gasteiger partial charge in [-0.1, -0.05) is 0 Å². The van der Waals surface area contributed by atoms with Gasteiger partial charge in [0.2, 0.25) is 0 Å². The number of hydrogen-bond donors (Lipinski definition) is 1. The van der Waals surface area contributed by atoms with E-state index in [0.717, 1.165) is 10.4 Å². The molecule has 0 saturated carbocycles. The van der Waals surface area contributed by atoms with Crippen molar-refractivity contribution in [2.45, 2.75) is 20.4 Å². The van der Waals surface area contributed by atoms with Gasteiger partial charge in [-0.3, -0.25) is 9.78 Å². The molecule has 0 aliphatic carbocycles. The molecule has 0 aliphatic rings. The molecule has 2 heterocycles. The van der Waals surface area contributed by atoms with Crippen molar-refractivity contribution in [3.63, 3.8) is 0 Å². The van der Waals surface area contributed by atoms with Gasteiger partial charge in [0.05, 0.1) is 4.88 Å². The lowest BCUT2D eigenvalue weighted by Gasteiger charge is -2.20. The van der Waals surface area contributed by atoms with Gasteiger partial charge in [0, 0.05) is 36.0 Å². The van der Waals surface area contributed by atoms with E-state index < -0.39 is 0 Å². The average Bonchev–Trinajstić information content (AvgIpc) is 2.76. The van der Waals surface area contributed by atoms with Gasteiger partial charge in [-0.2, -0.15) is 0 Å². The van der Waals surface area contributed by atoms with Gasteiger partial charge in [-0.05, 0) is 37.6 Å². The second-order valence-electron chi connectivity index (χ2n) is 4.30. The summed E-state index contributed by atoms with van der Waals surface area (Å²) < 4.78 is 0. The highest BCUT2D eigenvalue weighted by Gasteiger charge is 2.17. The molecule has 0 aromatic carbocycles. The zero-order valence-electron chi connectivity index (χ0n) is 11.1. The number of aromatic nitrogens is 1. The second-order valence-corrected chi connectivity index (χ2v) is 5.55. The molecule has 0 spiro atoms. The van der Waals surface area contributed by atoms with Gasteiger partial charge in [0.25, 0.3) is 5.91 Å². The van der Waals surface area contributed by atoms with E-state index in [1.165, 1.54) is 11.3 Å². The summed E-state index contributed by atoms with van der Waals surface area (Å²) in [5, 5.41) is 0. The van der Waals surface area contributed by atoms with E-state index in [0.29, 0.717) is 23.7 Å². The fraction of sp³-hybridized carbons (Fsp3) is 0.286. The molecule has 0 bridgehead atoms. The van der Waals surface area contributed by atoms with E-state index in [1.807, 2.05) is 26.0 Å². The van der Waals surface area contributed by atoms with Crippen LogP contribution in [0.15, 0.2) is 30.6 Å². The molecule has 1 amide bonds. The number of amides is 1. The predicted molar refractivity (Wildman–Crippen MR) is 78.1 cm³/mol. The minimum atomic E-state index is 0.0316. The number of carbonyl (C=O) groups is 1. The quantitative estimate of drug-likeness (QED) is 0.933. The summed E-state index contributed by atoms with van der Waals surface area (Å²) in [5.41, 5.74) is 7.57. The first-order chi connectivity index (χ1) is 9.11. The summed E-state index contributed by atoms with van der Waals surface area (Å²) in [4.78, 5) is 19.9. The first-order valence-electron chi connectivity index (χ1n) is 6.16. The Labute approximate surface area is 116 Å². The van der Waals surface area contributed by atoms with Gasteiger partial charge < -0.3 is 10.6 Å². The number of carbonyl (C=O) groups excluding carboxylic acids is 1. The highest BCUT2D eigenvalue weighted by atomic mass is 32.1. The smallest absolute Gasteiger partial charge is 0.264 e. The molecule has 0 radical (unpaired) electrons. The lowest BCUT2D eigenvalue weighted by molar-refractivity contribution is 0.0757. The summed E-state index contributed by atoms with van der Waals surface area (Å²) in [5.74, 6) is 0.0316. The molecule has 0 unspecified atom stereocenters. The third kappa shape index (κ3) is 3.12. The molecule has 100 valence electrons. The van der Waals surface area contributed by atoms with E-state index in [1.54, 1.807) is 23.4 Å². The van der Waals surface area contributed by atoms with Crippen LogP contribution in [0.25, 0.3) is 0 Å².